The number of halogens is 1. The van der Waals surface area contributed by atoms with Gasteiger partial charge in [-0.1, -0.05) is 18.5 Å². The lowest BCUT2D eigenvalue weighted by Crippen LogP contribution is -2.05. The summed E-state index contributed by atoms with van der Waals surface area (Å²) in [6.45, 7) is 2.05. The molecule has 2 heterocycles. The third-order valence-electron chi connectivity index (χ3n) is 2.18. The molecule has 2 aromatic heterocycles. The van der Waals surface area contributed by atoms with Crippen LogP contribution in [0.25, 0.3) is 10.2 Å². The molecule has 0 radical (unpaired) electrons. The van der Waals surface area contributed by atoms with Crippen LogP contribution in [0, 0.1) is 0 Å². The van der Waals surface area contributed by atoms with E-state index in [4.69, 9.17) is 11.6 Å². The van der Waals surface area contributed by atoms with E-state index in [-0.39, 0.29) is 11.6 Å². The Hall–Kier alpha value is -0.720. The Bertz CT molecular complexity index is 664. The molecule has 0 fully saturated rings. The van der Waals surface area contributed by atoms with E-state index < -0.39 is 9.84 Å². The van der Waals surface area contributed by atoms with Gasteiger partial charge in [0.15, 0.2) is 9.84 Å². The second-order valence-corrected chi connectivity index (χ2v) is 7.40. The van der Waals surface area contributed by atoms with Crippen molar-refractivity contribution in [2.75, 3.05) is 6.26 Å². The van der Waals surface area contributed by atoms with Crippen LogP contribution in [0.1, 0.15) is 17.6 Å². The van der Waals surface area contributed by atoms with E-state index in [0.717, 1.165) is 27.8 Å². The lowest BCUT2D eigenvalue weighted by atomic mass is 10.3. The molecule has 0 amide bonds. The molecule has 7 heteroatoms. The second-order valence-electron chi connectivity index (χ2n) is 3.79. The predicted molar refractivity (Wildman–Crippen MR) is 70.4 cm³/mol. The van der Waals surface area contributed by atoms with Gasteiger partial charge in [-0.2, -0.15) is 0 Å². The van der Waals surface area contributed by atoms with Crippen molar-refractivity contribution in [1.82, 2.24) is 9.97 Å². The fourth-order valence-corrected chi connectivity index (χ4v) is 3.33. The van der Waals surface area contributed by atoms with Gasteiger partial charge in [0.2, 0.25) is 0 Å². The van der Waals surface area contributed by atoms with Crippen LogP contribution in [0.15, 0.2) is 6.07 Å². The zero-order valence-electron chi connectivity index (χ0n) is 9.40. The summed E-state index contributed by atoms with van der Waals surface area (Å²) in [5, 5.41) is 1.12. The molecule has 0 aliphatic rings. The highest BCUT2D eigenvalue weighted by atomic mass is 35.5. The minimum absolute atomic E-state index is 0.179. The molecule has 0 bridgehead atoms. The molecule has 0 N–H and O–H groups in total. The minimum Gasteiger partial charge on any atom is -0.229 e. The van der Waals surface area contributed by atoms with Gasteiger partial charge < -0.3 is 0 Å². The Morgan fingerprint density at radius 1 is 1.41 bits per heavy atom. The van der Waals surface area contributed by atoms with E-state index in [9.17, 15) is 8.42 Å². The number of hydrogen-bond acceptors (Lipinski definition) is 5. The van der Waals surface area contributed by atoms with E-state index in [1.54, 1.807) is 0 Å². The Morgan fingerprint density at radius 2 is 2.12 bits per heavy atom. The molecule has 0 aliphatic heterocycles. The number of rotatable bonds is 3. The first kappa shape index (κ1) is 12.7. The standard InChI is InChI=1S/C10H11ClN2O2S2/c1-3-6-4-7-9(11)12-8(5-17(2,14)15)13-10(7)16-6/h4H,3,5H2,1-2H3. The van der Waals surface area contributed by atoms with Gasteiger partial charge in [0.05, 0.1) is 0 Å². The quantitative estimate of drug-likeness (QED) is 0.815. The smallest absolute Gasteiger partial charge is 0.154 e. The second kappa shape index (κ2) is 4.51. The van der Waals surface area contributed by atoms with Gasteiger partial charge in [-0.05, 0) is 12.5 Å². The van der Waals surface area contributed by atoms with Gasteiger partial charge in [0.25, 0.3) is 0 Å². The number of thiophene rings is 1. The van der Waals surface area contributed by atoms with Crippen molar-refractivity contribution >= 4 is 43.0 Å². The van der Waals surface area contributed by atoms with E-state index >= 15 is 0 Å². The lowest BCUT2D eigenvalue weighted by Gasteiger charge is -1.99. The molecular formula is C10H11ClN2O2S2. The van der Waals surface area contributed by atoms with Gasteiger partial charge in [-0.15, -0.1) is 11.3 Å². The van der Waals surface area contributed by atoms with E-state index in [1.165, 1.54) is 11.3 Å². The summed E-state index contributed by atoms with van der Waals surface area (Å²) in [6, 6.07) is 1.95. The monoisotopic (exact) mass is 290 g/mol. The summed E-state index contributed by atoms with van der Waals surface area (Å²) in [6.07, 6.45) is 2.05. The molecule has 2 aromatic rings. The molecule has 0 aliphatic carbocycles. The Morgan fingerprint density at radius 3 is 2.71 bits per heavy atom. The highest BCUT2D eigenvalue weighted by Gasteiger charge is 2.13. The predicted octanol–water partition coefficient (Wildman–Crippen LogP) is 2.45. The SMILES string of the molecule is CCc1cc2c(Cl)nc(CS(C)(=O)=O)nc2s1. The van der Waals surface area contributed by atoms with Gasteiger partial charge in [0, 0.05) is 16.5 Å². The van der Waals surface area contributed by atoms with Crippen molar-refractivity contribution in [3.63, 3.8) is 0 Å². The molecule has 0 aromatic carbocycles. The summed E-state index contributed by atoms with van der Waals surface area (Å²) in [5.74, 6) is 0.0802. The average molecular weight is 291 g/mol. The van der Waals surface area contributed by atoms with Crippen molar-refractivity contribution in [3.8, 4) is 0 Å². The molecule has 0 saturated heterocycles. The topological polar surface area (TPSA) is 59.9 Å². The molecule has 0 saturated carbocycles. The Kier molecular flexibility index (Phi) is 3.38. The van der Waals surface area contributed by atoms with Crippen LogP contribution in [0.3, 0.4) is 0 Å². The number of fused-ring (bicyclic) bond motifs is 1. The number of nitrogens with zero attached hydrogens (tertiary/aromatic N) is 2. The molecular weight excluding hydrogens is 280 g/mol. The molecule has 2 rings (SSSR count). The van der Waals surface area contributed by atoms with Crippen LogP contribution < -0.4 is 0 Å². The van der Waals surface area contributed by atoms with Gasteiger partial charge in [-0.3, -0.25) is 0 Å². The third kappa shape index (κ3) is 2.94. The maximum absolute atomic E-state index is 11.2. The van der Waals surface area contributed by atoms with Crippen molar-refractivity contribution in [3.05, 3.63) is 21.9 Å². The maximum Gasteiger partial charge on any atom is 0.154 e. The fraction of sp³-hybridized carbons (Fsp3) is 0.400. The Balaban J connectivity index is 2.54. The zero-order chi connectivity index (χ0) is 12.6. The van der Waals surface area contributed by atoms with Crippen LogP contribution in [-0.2, 0) is 22.0 Å². The van der Waals surface area contributed by atoms with Crippen LogP contribution >= 0.6 is 22.9 Å². The molecule has 17 heavy (non-hydrogen) atoms. The Labute approximate surface area is 109 Å². The van der Waals surface area contributed by atoms with Gasteiger partial charge in [0.1, 0.15) is 21.6 Å². The first-order valence-electron chi connectivity index (χ1n) is 5.01. The minimum atomic E-state index is -3.14. The zero-order valence-corrected chi connectivity index (χ0v) is 11.8. The first-order valence-corrected chi connectivity index (χ1v) is 8.27. The number of aromatic nitrogens is 2. The van der Waals surface area contributed by atoms with Crippen LogP contribution in [0.4, 0.5) is 0 Å². The summed E-state index contributed by atoms with van der Waals surface area (Å²) < 4.78 is 22.4. The molecule has 4 nitrogen and oxygen atoms in total. The number of sulfone groups is 1. The van der Waals surface area contributed by atoms with Crippen molar-refractivity contribution in [1.29, 1.82) is 0 Å². The van der Waals surface area contributed by atoms with E-state index in [2.05, 4.69) is 9.97 Å². The summed E-state index contributed by atoms with van der Waals surface area (Å²) >= 11 is 7.54. The lowest BCUT2D eigenvalue weighted by molar-refractivity contribution is 0.600. The summed E-state index contributed by atoms with van der Waals surface area (Å²) in [5.41, 5.74) is 0. The van der Waals surface area contributed by atoms with Crippen LogP contribution in [0.5, 0.6) is 0 Å². The van der Waals surface area contributed by atoms with Gasteiger partial charge in [-0.25, -0.2) is 18.4 Å². The number of hydrogen-bond donors (Lipinski definition) is 0. The largest absolute Gasteiger partial charge is 0.229 e. The average Bonchev–Trinajstić information content (AvgIpc) is 2.58. The highest BCUT2D eigenvalue weighted by molar-refractivity contribution is 7.89. The summed E-state index contributed by atoms with van der Waals surface area (Å²) in [4.78, 5) is 10.2. The van der Waals surface area contributed by atoms with Crippen molar-refractivity contribution in [2.24, 2.45) is 0 Å². The molecule has 92 valence electrons. The first-order chi connectivity index (χ1) is 7.89. The molecule has 0 atom stereocenters. The number of aryl methyl sites for hydroxylation is 1. The van der Waals surface area contributed by atoms with Crippen molar-refractivity contribution < 1.29 is 8.42 Å². The fourth-order valence-electron chi connectivity index (χ4n) is 1.45. The van der Waals surface area contributed by atoms with Crippen LogP contribution in [-0.4, -0.2) is 24.6 Å². The summed E-state index contributed by atoms with van der Waals surface area (Å²) in [7, 11) is -3.14. The van der Waals surface area contributed by atoms with E-state index in [1.807, 2.05) is 13.0 Å². The normalized spacial score (nSPS) is 12.2. The molecule has 0 spiro atoms. The van der Waals surface area contributed by atoms with Gasteiger partial charge >= 0.3 is 0 Å². The third-order valence-corrected chi connectivity index (χ3v) is 4.43. The van der Waals surface area contributed by atoms with E-state index in [0.29, 0.717) is 5.15 Å². The highest BCUT2D eigenvalue weighted by Crippen LogP contribution is 2.29. The van der Waals surface area contributed by atoms with Crippen molar-refractivity contribution in [2.45, 2.75) is 19.1 Å². The molecule has 0 unspecified atom stereocenters. The van der Waals surface area contributed by atoms with Crippen LogP contribution in [0.2, 0.25) is 5.15 Å². The maximum atomic E-state index is 11.2.